The summed E-state index contributed by atoms with van der Waals surface area (Å²) in [5, 5.41) is 17.4. The molecule has 0 fully saturated rings. The first-order chi connectivity index (χ1) is 10.1. The normalized spacial score (nSPS) is 15.0. The van der Waals surface area contributed by atoms with Crippen LogP contribution < -0.4 is 0 Å². The highest BCUT2D eigenvalue weighted by atomic mass is 32.3. The van der Waals surface area contributed by atoms with Gasteiger partial charge < -0.3 is 10.2 Å². The van der Waals surface area contributed by atoms with E-state index in [-0.39, 0.29) is 0 Å². The number of rotatable bonds is 7. The van der Waals surface area contributed by atoms with Crippen molar-refractivity contribution in [1.82, 2.24) is 0 Å². The van der Waals surface area contributed by atoms with Gasteiger partial charge in [0.2, 0.25) is 0 Å². The predicted octanol–water partition coefficient (Wildman–Crippen LogP) is -3.90. The van der Waals surface area contributed by atoms with Gasteiger partial charge >= 0.3 is 60.6 Å². The molecule has 0 aromatic rings. The average molecular weight is 438 g/mol. The maximum Gasteiger partial charge on any atom is 0.366 e. The third-order valence-electron chi connectivity index (χ3n) is 2.45. The molecular formula is C4H6O16S4. The Morgan fingerprint density at radius 1 is 0.500 bits per heavy atom. The highest BCUT2D eigenvalue weighted by Gasteiger charge is 2.89. The van der Waals surface area contributed by atoms with E-state index in [1.807, 2.05) is 0 Å². The van der Waals surface area contributed by atoms with E-state index in [1.165, 1.54) is 0 Å². The molecule has 24 heavy (non-hydrogen) atoms. The molecule has 142 valence electrons. The molecule has 0 bridgehead atoms. The molecule has 0 heterocycles. The highest BCUT2D eigenvalue weighted by molar-refractivity contribution is 8.14. The lowest BCUT2D eigenvalue weighted by Crippen LogP contribution is -2.76. The van der Waals surface area contributed by atoms with E-state index in [9.17, 15) is 43.3 Å². The fourth-order valence-corrected chi connectivity index (χ4v) is 8.92. The van der Waals surface area contributed by atoms with Crippen LogP contribution in [-0.2, 0) is 50.1 Å². The molecule has 0 radical (unpaired) electrons. The number of hydrogen-bond donors (Lipinski definition) is 6. The van der Waals surface area contributed by atoms with Crippen LogP contribution in [0, 0.1) is 0 Å². The lowest BCUT2D eigenvalue weighted by molar-refractivity contribution is -0.145. The maximum absolute atomic E-state index is 11.2. The quantitative estimate of drug-likeness (QED) is 0.207. The molecule has 6 N–H and O–H groups in total. The van der Waals surface area contributed by atoms with Gasteiger partial charge in [-0.3, -0.25) is 18.2 Å². The van der Waals surface area contributed by atoms with Crippen molar-refractivity contribution in [3.05, 3.63) is 0 Å². The smallest absolute Gasteiger partial charge is 0.366 e. The molecule has 0 saturated heterocycles. The second-order valence-electron chi connectivity index (χ2n) is 3.74. The molecular weight excluding hydrogens is 432 g/mol. The van der Waals surface area contributed by atoms with E-state index in [4.69, 9.17) is 28.4 Å². The summed E-state index contributed by atoms with van der Waals surface area (Å²) in [6.07, 6.45) is 0. The third-order valence-corrected chi connectivity index (χ3v) is 10.3. The summed E-state index contributed by atoms with van der Waals surface area (Å²) in [5.74, 6) is -7.60. The van der Waals surface area contributed by atoms with Crippen LogP contribution in [0.1, 0.15) is 0 Å². The van der Waals surface area contributed by atoms with Gasteiger partial charge in [-0.2, -0.15) is 33.7 Å². The molecule has 0 amide bonds. The van der Waals surface area contributed by atoms with Crippen LogP contribution in [0.3, 0.4) is 0 Å². The SMILES string of the molecule is O=C(O)C(C(C(=O)O)(S(=O)(=O)O)S(=O)(=O)O)(S(=O)(=O)O)S(=O)(=O)O. The molecule has 0 aromatic carbocycles. The Labute approximate surface area is 132 Å². The van der Waals surface area contributed by atoms with Gasteiger partial charge in [-0.15, -0.1) is 0 Å². The second-order valence-corrected chi connectivity index (χ2v) is 10.5. The van der Waals surface area contributed by atoms with Crippen LogP contribution in [0.5, 0.6) is 0 Å². The van der Waals surface area contributed by atoms with Gasteiger partial charge in [0.15, 0.2) is 0 Å². The minimum absolute atomic E-state index is 3.80. The van der Waals surface area contributed by atoms with Crippen molar-refractivity contribution in [1.29, 1.82) is 0 Å². The van der Waals surface area contributed by atoms with Gasteiger partial charge in [-0.1, -0.05) is 0 Å². The van der Waals surface area contributed by atoms with Crippen molar-refractivity contribution in [2.24, 2.45) is 0 Å². The molecule has 0 rings (SSSR count). The number of carboxylic acids is 2. The summed E-state index contributed by atoms with van der Waals surface area (Å²) in [6.45, 7) is 0. The Bertz CT molecular complexity index is 840. The predicted molar refractivity (Wildman–Crippen MR) is 66.9 cm³/mol. The number of aliphatic carboxylic acids is 2. The summed E-state index contributed by atoms with van der Waals surface area (Å²) in [4.78, 5) is 22.1. The summed E-state index contributed by atoms with van der Waals surface area (Å²) in [7, 11) is -29.0. The van der Waals surface area contributed by atoms with E-state index >= 15 is 0 Å². The third kappa shape index (κ3) is 2.55. The Kier molecular flexibility index (Phi) is 5.22. The second kappa shape index (κ2) is 5.55. The molecule has 0 atom stereocenters. The Morgan fingerprint density at radius 3 is 0.667 bits per heavy atom. The molecule has 0 aliphatic heterocycles. The number of hydrogen-bond acceptors (Lipinski definition) is 10. The molecule has 0 aromatic heterocycles. The molecule has 0 unspecified atom stereocenters. The lowest BCUT2D eigenvalue weighted by Gasteiger charge is -2.34. The largest absolute Gasteiger partial charge is 0.479 e. The van der Waals surface area contributed by atoms with Gasteiger partial charge in [-0.05, 0) is 0 Å². The van der Waals surface area contributed by atoms with E-state index in [0.717, 1.165) is 0 Å². The van der Waals surface area contributed by atoms with Gasteiger partial charge in [0.05, 0.1) is 0 Å². The van der Waals surface area contributed by atoms with Gasteiger partial charge in [-0.25, -0.2) is 9.59 Å². The maximum atomic E-state index is 11.2. The molecule has 20 heteroatoms. The van der Waals surface area contributed by atoms with Crippen molar-refractivity contribution >= 4 is 52.4 Å². The number of carboxylic acid groups (broad SMARTS) is 2. The zero-order chi connectivity index (χ0) is 20.2. The minimum atomic E-state index is -7.25. The molecule has 0 spiro atoms. The van der Waals surface area contributed by atoms with E-state index in [1.54, 1.807) is 0 Å². The summed E-state index contributed by atoms with van der Waals surface area (Å²) in [5.41, 5.74) is 0. The minimum Gasteiger partial charge on any atom is -0.479 e. The average Bonchev–Trinajstić information content (AvgIpc) is 2.15. The van der Waals surface area contributed by atoms with Crippen molar-refractivity contribution in [3.8, 4) is 0 Å². The van der Waals surface area contributed by atoms with E-state index < -0.39 is 60.6 Å². The Morgan fingerprint density at radius 2 is 0.625 bits per heavy atom. The highest BCUT2D eigenvalue weighted by Crippen LogP contribution is 2.44. The molecule has 16 nitrogen and oxygen atoms in total. The van der Waals surface area contributed by atoms with Crippen LogP contribution in [0.25, 0.3) is 0 Å². The Balaban J connectivity index is 8.50. The standard InChI is InChI=1S/C4H6O16S4/c5-1(6)3(21(9,10)11,22(12,13)14)4(2(7)8,23(15,16)17)24(18,19)20/h(H,5,6)(H,7,8)(H,9,10,11)(H,12,13,14)(H,15,16,17)(H,18,19,20). The van der Waals surface area contributed by atoms with Crippen LogP contribution in [0.4, 0.5) is 0 Å². The van der Waals surface area contributed by atoms with Crippen LogP contribution in [0.15, 0.2) is 0 Å². The first kappa shape index (κ1) is 22.6. The van der Waals surface area contributed by atoms with Crippen LogP contribution >= 0.6 is 0 Å². The monoisotopic (exact) mass is 438 g/mol. The number of carbonyl (C=O) groups is 2. The Hall–Kier alpha value is -1.42. The van der Waals surface area contributed by atoms with Crippen LogP contribution in [0.2, 0.25) is 0 Å². The van der Waals surface area contributed by atoms with Crippen molar-refractivity contribution in [3.63, 3.8) is 0 Å². The zero-order valence-electron chi connectivity index (χ0n) is 10.4. The van der Waals surface area contributed by atoms with Crippen molar-refractivity contribution < 1.29 is 71.7 Å². The topological polar surface area (TPSA) is 292 Å². The molecule has 0 aliphatic rings. The summed E-state index contributed by atoms with van der Waals surface area (Å²) >= 11 is 0. The fourth-order valence-electron chi connectivity index (χ4n) is 1.67. The zero-order valence-corrected chi connectivity index (χ0v) is 13.7. The van der Waals surface area contributed by atoms with Crippen LogP contribution in [-0.4, -0.2) is 82.2 Å². The first-order valence-corrected chi connectivity index (χ1v) is 10.2. The summed E-state index contributed by atoms with van der Waals surface area (Å²) < 4.78 is 113. The van der Waals surface area contributed by atoms with Crippen molar-refractivity contribution in [2.45, 2.75) is 8.16 Å². The first-order valence-electron chi connectivity index (χ1n) is 4.49. The van der Waals surface area contributed by atoms with E-state index in [0.29, 0.717) is 0 Å². The van der Waals surface area contributed by atoms with Crippen molar-refractivity contribution in [2.75, 3.05) is 0 Å². The lowest BCUT2D eigenvalue weighted by atomic mass is 10.3. The van der Waals surface area contributed by atoms with Gasteiger partial charge in [0.1, 0.15) is 0 Å². The fraction of sp³-hybridized carbons (Fsp3) is 0.500. The van der Waals surface area contributed by atoms with Gasteiger partial charge in [0.25, 0.3) is 0 Å². The summed E-state index contributed by atoms with van der Waals surface area (Å²) in [6, 6.07) is 0. The molecule has 0 aliphatic carbocycles. The van der Waals surface area contributed by atoms with E-state index in [2.05, 4.69) is 0 Å². The molecule has 0 saturated carbocycles. The van der Waals surface area contributed by atoms with Gasteiger partial charge in [0, 0.05) is 0 Å².